The molecule has 1 aromatic carbocycles. The Kier molecular flexibility index (Phi) is 5.54. The minimum atomic E-state index is -4.72. The molecule has 1 spiro atoms. The summed E-state index contributed by atoms with van der Waals surface area (Å²) in [6.45, 7) is 0.604. The number of nitrogens with zero attached hydrogens (tertiary/aromatic N) is 5. The van der Waals surface area contributed by atoms with Crippen LogP contribution in [0.15, 0.2) is 43.0 Å². The fourth-order valence-electron chi connectivity index (χ4n) is 4.53. The summed E-state index contributed by atoms with van der Waals surface area (Å²) < 4.78 is 68.6. The summed E-state index contributed by atoms with van der Waals surface area (Å²) in [7, 11) is 1.80. The molecule has 1 saturated heterocycles. The largest absolute Gasteiger partial charge is 0.416 e. The highest BCUT2D eigenvalue weighted by molar-refractivity contribution is 5.60. The van der Waals surface area contributed by atoms with Crippen molar-refractivity contribution < 1.29 is 22.0 Å². The molecule has 34 heavy (non-hydrogen) atoms. The van der Waals surface area contributed by atoms with Gasteiger partial charge in [0.15, 0.2) is 0 Å². The van der Waals surface area contributed by atoms with Crippen molar-refractivity contribution in [2.24, 2.45) is 7.05 Å². The summed E-state index contributed by atoms with van der Waals surface area (Å²) in [5, 5.41) is 7.62. The van der Waals surface area contributed by atoms with Gasteiger partial charge in [-0.3, -0.25) is 4.68 Å². The van der Waals surface area contributed by atoms with Crippen LogP contribution in [0.2, 0.25) is 0 Å². The molecule has 3 heterocycles. The lowest BCUT2D eigenvalue weighted by molar-refractivity contribution is -0.137. The van der Waals surface area contributed by atoms with Crippen LogP contribution in [-0.4, -0.2) is 37.9 Å². The number of halogens is 5. The zero-order valence-corrected chi connectivity index (χ0v) is 18.4. The number of benzene rings is 1. The molecular weight excluding hydrogens is 455 g/mol. The maximum atomic E-state index is 13.4. The van der Waals surface area contributed by atoms with E-state index in [4.69, 9.17) is 0 Å². The molecule has 0 bridgehead atoms. The van der Waals surface area contributed by atoms with Crippen LogP contribution in [0.3, 0.4) is 0 Å². The van der Waals surface area contributed by atoms with Crippen molar-refractivity contribution in [3.05, 3.63) is 59.7 Å². The van der Waals surface area contributed by atoms with Crippen molar-refractivity contribution in [2.45, 2.75) is 50.0 Å². The third-order valence-electron chi connectivity index (χ3n) is 6.51. The number of rotatable bonds is 6. The molecule has 0 radical (unpaired) electrons. The number of hydrogen-bond donors (Lipinski definition) is 1. The van der Waals surface area contributed by atoms with Gasteiger partial charge in [-0.25, -0.2) is 18.7 Å². The lowest BCUT2D eigenvalue weighted by Crippen LogP contribution is -2.37. The van der Waals surface area contributed by atoms with Gasteiger partial charge in [0.2, 0.25) is 5.95 Å². The lowest BCUT2D eigenvalue weighted by Gasteiger charge is -2.29. The third-order valence-corrected chi connectivity index (χ3v) is 6.51. The molecule has 1 atom stereocenters. The number of alkyl halides is 5. The smallest absolute Gasteiger partial charge is 0.332 e. The first-order valence-electron chi connectivity index (χ1n) is 10.9. The van der Waals surface area contributed by atoms with Gasteiger partial charge in [-0.1, -0.05) is 0 Å². The predicted octanol–water partition coefficient (Wildman–Crippen LogP) is 4.73. The van der Waals surface area contributed by atoms with E-state index in [9.17, 15) is 22.0 Å². The van der Waals surface area contributed by atoms with E-state index in [1.54, 1.807) is 30.3 Å². The normalized spacial score (nSPS) is 19.2. The van der Waals surface area contributed by atoms with Crippen molar-refractivity contribution in [1.29, 1.82) is 0 Å². The van der Waals surface area contributed by atoms with E-state index in [1.807, 2.05) is 11.1 Å². The van der Waals surface area contributed by atoms with Crippen molar-refractivity contribution in [2.75, 3.05) is 11.4 Å². The second kappa shape index (κ2) is 8.30. The van der Waals surface area contributed by atoms with E-state index in [0.717, 1.165) is 42.5 Å². The fraction of sp³-hybridized carbons (Fsp3) is 0.435. The van der Waals surface area contributed by atoms with Crippen LogP contribution in [-0.2, 0) is 19.8 Å². The topological polar surface area (TPSA) is 58.9 Å². The highest BCUT2D eigenvalue weighted by atomic mass is 19.4. The molecule has 1 aliphatic heterocycles. The number of hydrogen-bond acceptors (Lipinski definition) is 5. The number of aryl methyl sites for hydroxylation is 1. The maximum Gasteiger partial charge on any atom is 0.416 e. The van der Waals surface area contributed by atoms with E-state index in [1.165, 1.54) is 0 Å². The van der Waals surface area contributed by atoms with Crippen LogP contribution in [0.5, 0.6) is 0 Å². The summed E-state index contributed by atoms with van der Waals surface area (Å²) >= 11 is 0. The first-order valence-corrected chi connectivity index (χ1v) is 10.9. The summed E-state index contributed by atoms with van der Waals surface area (Å²) in [6, 6.07) is 2.49. The lowest BCUT2D eigenvalue weighted by atomic mass is 10.0. The van der Waals surface area contributed by atoms with Crippen LogP contribution in [0.25, 0.3) is 11.1 Å². The average Bonchev–Trinajstić information content (AvgIpc) is 3.20. The first-order chi connectivity index (χ1) is 16.1. The standard InChI is InChI=1S/C23H23F5N6/c1-33-13-17(10-32-33)16-8-29-21(30-9-16)34(19-7-22(2-3-22)31-11-19)12-14-4-15(20(24)25)6-18(5-14)23(26,27)28/h4-6,8-10,13,19-20,31H,2-3,7,11-12H2,1H3. The number of nitrogens with one attached hydrogen (secondary N) is 1. The quantitative estimate of drug-likeness (QED) is 0.519. The van der Waals surface area contributed by atoms with Crippen molar-refractivity contribution in [3.63, 3.8) is 0 Å². The Hall–Kier alpha value is -3.08. The predicted molar refractivity (Wildman–Crippen MR) is 115 cm³/mol. The summed E-state index contributed by atoms with van der Waals surface area (Å²) in [5.41, 5.74) is 0.0399. The second-order valence-corrected chi connectivity index (χ2v) is 9.08. The molecule has 5 rings (SSSR count). The van der Waals surface area contributed by atoms with Gasteiger partial charge in [-0.05, 0) is 43.0 Å². The Morgan fingerprint density at radius 3 is 2.41 bits per heavy atom. The molecule has 6 nitrogen and oxygen atoms in total. The monoisotopic (exact) mass is 478 g/mol. The molecule has 2 aliphatic rings. The van der Waals surface area contributed by atoms with Gasteiger partial charge in [0.25, 0.3) is 6.43 Å². The summed E-state index contributed by atoms with van der Waals surface area (Å²) in [5.74, 6) is 0.341. The Morgan fingerprint density at radius 1 is 1.12 bits per heavy atom. The number of aromatic nitrogens is 4. The molecule has 2 fully saturated rings. The van der Waals surface area contributed by atoms with E-state index < -0.39 is 23.7 Å². The van der Waals surface area contributed by atoms with Gasteiger partial charge in [0.05, 0.1) is 11.8 Å². The number of anilines is 1. The Morgan fingerprint density at radius 2 is 1.85 bits per heavy atom. The van der Waals surface area contributed by atoms with E-state index in [-0.39, 0.29) is 23.7 Å². The maximum absolute atomic E-state index is 13.4. The highest BCUT2D eigenvalue weighted by Gasteiger charge is 2.49. The summed E-state index contributed by atoms with van der Waals surface area (Å²) in [4.78, 5) is 10.8. The Bertz CT molecular complexity index is 1170. The molecule has 2 aromatic heterocycles. The van der Waals surface area contributed by atoms with Gasteiger partial charge in [0.1, 0.15) is 0 Å². The van der Waals surface area contributed by atoms with Crippen molar-refractivity contribution >= 4 is 5.95 Å². The highest BCUT2D eigenvalue weighted by Crippen LogP contribution is 2.44. The molecule has 1 N–H and O–H groups in total. The molecule has 0 amide bonds. The van der Waals surface area contributed by atoms with Crippen LogP contribution in [0.1, 0.15) is 42.4 Å². The summed E-state index contributed by atoms with van der Waals surface area (Å²) in [6.07, 6.45) is 1.92. The molecule has 11 heteroatoms. The minimum Gasteiger partial charge on any atom is -0.332 e. The van der Waals surface area contributed by atoms with E-state index in [2.05, 4.69) is 20.4 Å². The first kappa shape index (κ1) is 22.7. The third kappa shape index (κ3) is 4.61. The van der Waals surface area contributed by atoms with Crippen LogP contribution in [0.4, 0.5) is 27.9 Å². The van der Waals surface area contributed by atoms with Crippen LogP contribution in [0, 0.1) is 0 Å². The molecule has 1 unspecified atom stereocenters. The molecular formula is C23H23F5N6. The van der Waals surface area contributed by atoms with Crippen LogP contribution < -0.4 is 10.2 Å². The molecule has 180 valence electrons. The molecule has 1 aliphatic carbocycles. The SMILES string of the molecule is Cn1cc(-c2cnc(N(Cc3cc(C(F)F)cc(C(F)(F)F)c3)C3CNC4(CC4)C3)nc2)cn1. The second-order valence-electron chi connectivity index (χ2n) is 9.08. The zero-order valence-electron chi connectivity index (χ0n) is 18.4. The van der Waals surface area contributed by atoms with Crippen molar-refractivity contribution in [1.82, 2.24) is 25.1 Å². The van der Waals surface area contributed by atoms with Crippen molar-refractivity contribution in [3.8, 4) is 11.1 Å². The minimum absolute atomic E-state index is 0.0156. The molecule has 3 aromatic rings. The van der Waals surface area contributed by atoms with E-state index in [0.29, 0.717) is 18.6 Å². The average molecular weight is 478 g/mol. The van der Waals surface area contributed by atoms with Gasteiger partial charge in [-0.15, -0.1) is 0 Å². The van der Waals surface area contributed by atoms with E-state index >= 15 is 0 Å². The van der Waals surface area contributed by atoms with Gasteiger partial charge in [0, 0.05) is 67.0 Å². The Labute approximate surface area is 192 Å². The molecule has 1 saturated carbocycles. The van der Waals surface area contributed by atoms with Gasteiger partial charge in [-0.2, -0.15) is 18.3 Å². The van der Waals surface area contributed by atoms with Gasteiger partial charge < -0.3 is 10.2 Å². The Balaban J connectivity index is 1.48. The zero-order chi connectivity index (χ0) is 24.1. The van der Waals surface area contributed by atoms with Crippen LogP contribution >= 0.6 is 0 Å². The van der Waals surface area contributed by atoms with Gasteiger partial charge >= 0.3 is 6.18 Å². The fourth-order valence-corrected chi connectivity index (χ4v) is 4.53.